The SMILES string of the molecule is Cc1ccc(/C=C2/SC(=Nc3ccccc3)NC2=O)s1. The Kier molecular flexibility index (Phi) is 3.71. The number of carbonyl (C=O) groups excluding carboxylic acids is 1. The normalized spacial score (nSPS) is 18.8. The van der Waals surface area contributed by atoms with Crippen molar-refractivity contribution in [3.8, 4) is 0 Å². The summed E-state index contributed by atoms with van der Waals surface area (Å²) in [6.45, 7) is 2.05. The van der Waals surface area contributed by atoms with Crippen LogP contribution in [0.25, 0.3) is 6.08 Å². The molecule has 3 nitrogen and oxygen atoms in total. The van der Waals surface area contributed by atoms with E-state index in [0.717, 1.165) is 10.6 Å². The first-order valence-corrected chi connectivity index (χ1v) is 7.75. The maximum atomic E-state index is 11.9. The molecule has 0 aliphatic carbocycles. The molecule has 1 N–H and O–H groups in total. The second-order valence-corrected chi connectivity index (χ2v) is 6.62. The lowest BCUT2D eigenvalue weighted by atomic mass is 10.3. The van der Waals surface area contributed by atoms with Gasteiger partial charge in [0.1, 0.15) is 0 Å². The van der Waals surface area contributed by atoms with E-state index >= 15 is 0 Å². The van der Waals surface area contributed by atoms with Crippen molar-refractivity contribution in [1.82, 2.24) is 5.32 Å². The van der Waals surface area contributed by atoms with Gasteiger partial charge in [-0.15, -0.1) is 11.3 Å². The van der Waals surface area contributed by atoms with Gasteiger partial charge in [-0.2, -0.15) is 0 Å². The Morgan fingerprint density at radius 3 is 2.65 bits per heavy atom. The van der Waals surface area contributed by atoms with Gasteiger partial charge in [-0.25, -0.2) is 4.99 Å². The fourth-order valence-electron chi connectivity index (χ4n) is 1.76. The molecule has 1 fully saturated rings. The molecule has 100 valence electrons. The van der Waals surface area contributed by atoms with E-state index in [-0.39, 0.29) is 5.91 Å². The van der Waals surface area contributed by atoms with E-state index in [4.69, 9.17) is 0 Å². The Labute approximate surface area is 125 Å². The van der Waals surface area contributed by atoms with Crippen LogP contribution < -0.4 is 5.32 Å². The average molecular weight is 300 g/mol. The van der Waals surface area contributed by atoms with Crippen LogP contribution >= 0.6 is 23.1 Å². The molecule has 2 aromatic rings. The van der Waals surface area contributed by atoms with Gasteiger partial charge < -0.3 is 5.32 Å². The number of aryl methyl sites for hydroxylation is 1. The van der Waals surface area contributed by atoms with E-state index in [1.807, 2.05) is 48.5 Å². The van der Waals surface area contributed by atoms with Crippen molar-refractivity contribution in [2.45, 2.75) is 6.92 Å². The molecule has 1 aromatic heterocycles. The number of aliphatic imine (C=N–C) groups is 1. The number of hydrogen-bond donors (Lipinski definition) is 1. The predicted octanol–water partition coefficient (Wildman–Crippen LogP) is 3.95. The first-order chi connectivity index (χ1) is 9.70. The second-order valence-electron chi connectivity index (χ2n) is 4.27. The molecule has 1 saturated heterocycles. The van der Waals surface area contributed by atoms with Gasteiger partial charge in [0.25, 0.3) is 5.91 Å². The summed E-state index contributed by atoms with van der Waals surface area (Å²) in [5.74, 6) is -0.0873. The largest absolute Gasteiger partial charge is 0.300 e. The van der Waals surface area contributed by atoms with Crippen molar-refractivity contribution in [2.24, 2.45) is 4.99 Å². The monoisotopic (exact) mass is 300 g/mol. The van der Waals surface area contributed by atoms with Crippen LogP contribution in [0, 0.1) is 6.92 Å². The lowest BCUT2D eigenvalue weighted by molar-refractivity contribution is -0.115. The highest BCUT2D eigenvalue weighted by Gasteiger charge is 2.23. The molecule has 0 bridgehead atoms. The molecule has 0 atom stereocenters. The Balaban J connectivity index is 1.82. The molecule has 0 spiro atoms. The van der Waals surface area contributed by atoms with Crippen molar-refractivity contribution in [3.63, 3.8) is 0 Å². The van der Waals surface area contributed by atoms with E-state index in [9.17, 15) is 4.79 Å². The smallest absolute Gasteiger partial charge is 0.264 e. The number of thiophene rings is 1. The molecule has 1 amide bonds. The number of para-hydroxylation sites is 1. The van der Waals surface area contributed by atoms with Crippen LogP contribution in [-0.2, 0) is 4.79 Å². The van der Waals surface area contributed by atoms with Crippen molar-refractivity contribution in [1.29, 1.82) is 0 Å². The number of nitrogens with zero attached hydrogens (tertiary/aromatic N) is 1. The van der Waals surface area contributed by atoms with Gasteiger partial charge in [-0.05, 0) is 49.0 Å². The highest BCUT2D eigenvalue weighted by molar-refractivity contribution is 8.18. The minimum atomic E-state index is -0.0873. The minimum Gasteiger partial charge on any atom is -0.300 e. The van der Waals surface area contributed by atoms with E-state index in [2.05, 4.69) is 17.2 Å². The molecule has 0 radical (unpaired) electrons. The first-order valence-electron chi connectivity index (χ1n) is 6.12. The number of thioether (sulfide) groups is 1. The number of benzene rings is 1. The summed E-state index contributed by atoms with van der Waals surface area (Å²) in [7, 11) is 0. The van der Waals surface area contributed by atoms with Crippen molar-refractivity contribution >= 4 is 45.9 Å². The van der Waals surface area contributed by atoms with E-state index in [1.165, 1.54) is 16.6 Å². The highest BCUT2D eigenvalue weighted by Crippen LogP contribution is 2.29. The topological polar surface area (TPSA) is 41.5 Å². The molecule has 2 heterocycles. The third-order valence-corrected chi connectivity index (χ3v) is 4.53. The number of carbonyl (C=O) groups is 1. The summed E-state index contributed by atoms with van der Waals surface area (Å²) in [6.07, 6.45) is 1.91. The molecule has 3 rings (SSSR count). The van der Waals surface area contributed by atoms with Crippen LogP contribution in [0.2, 0.25) is 0 Å². The van der Waals surface area contributed by atoms with Crippen molar-refractivity contribution < 1.29 is 4.79 Å². The number of nitrogens with one attached hydrogen (secondary N) is 1. The Hall–Kier alpha value is -1.85. The van der Waals surface area contributed by atoms with Crippen LogP contribution in [0.4, 0.5) is 5.69 Å². The zero-order valence-corrected chi connectivity index (χ0v) is 12.4. The molecule has 5 heteroatoms. The summed E-state index contributed by atoms with van der Waals surface area (Å²) in [4.78, 5) is 19.3. The number of rotatable bonds is 2. The minimum absolute atomic E-state index is 0.0873. The molecule has 0 unspecified atom stereocenters. The fraction of sp³-hybridized carbons (Fsp3) is 0.0667. The van der Waals surface area contributed by atoms with Crippen LogP contribution in [-0.4, -0.2) is 11.1 Å². The van der Waals surface area contributed by atoms with Crippen LogP contribution in [0.5, 0.6) is 0 Å². The zero-order valence-electron chi connectivity index (χ0n) is 10.8. The summed E-state index contributed by atoms with van der Waals surface area (Å²) < 4.78 is 0. The van der Waals surface area contributed by atoms with Gasteiger partial charge in [0.15, 0.2) is 5.17 Å². The van der Waals surface area contributed by atoms with Gasteiger partial charge in [0.2, 0.25) is 0 Å². The third kappa shape index (κ3) is 3.00. The number of amides is 1. The van der Waals surface area contributed by atoms with E-state index < -0.39 is 0 Å². The molecular weight excluding hydrogens is 288 g/mol. The second kappa shape index (κ2) is 5.64. The lowest BCUT2D eigenvalue weighted by Gasteiger charge is -1.94. The summed E-state index contributed by atoms with van der Waals surface area (Å²) >= 11 is 3.05. The van der Waals surface area contributed by atoms with Crippen LogP contribution in [0.1, 0.15) is 9.75 Å². The van der Waals surface area contributed by atoms with Crippen LogP contribution in [0.15, 0.2) is 52.4 Å². The Bertz CT molecular complexity index is 702. The maximum absolute atomic E-state index is 11.9. The standard InChI is InChI=1S/C15H12N2OS2/c1-10-7-8-12(19-10)9-13-14(18)17-15(20-13)16-11-5-3-2-4-6-11/h2-9H,1H3,(H,16,17,18)/b13-9+. The van der Waals surface area contributed by atoms with Gasteiger partial charge in [0, 0.05) is 9.75 Å². The molecule has 1 aliphatic heterocycles. The Morgan fingerprint density at radius 1 is 1.15 bits per heavy atom. The van der Waals surface area contributed by atoms with E-state index in [0.29, 0.717) is 10.1 Å². The van der Waals surface area contributed by atoms with Gasteiger partial charge in [0.05, 0.1) is 10.6 Å². The zero-order chi connectivity index (χ0) is 13.9. The van der Waals surface area contributed by atoms with Crippen LogP contribution in [0.3, 0.4) is 0 Å². The first kappa shape index (κ1) is 13.1. The van der Waals surface area contributed by atoms with Crippen molar-refractivity contribution in [2.75, 3.05) is 0 Å². The lowest BCUT2D eigenvalue weighted by Crippen LogP contribution is -2.19. The predicted molar refractivity (Wildman–Crippen MR) is 86.3 cm³/mol. The maximum Gasteiger partial charge on any atom is 0.264 e. The number of hydrogen-bond acceptors (Lipinski definition) is 4. The molecule has 0 saturated carbocycles. The summed E-state index contributed by atoms with van der Waals surface area (Å²) in [5, 5.41) is 3.42. The molecule has 1 aromatic carbocycles. The molecule has 1 aliphatic rings. The highest BCUT2D eigenvalue weighted by atomic mass is 32.2. The van der Waals surface area contributed by atoms with Gasteiger partial charge in [-0.3, -0.25) is 4.79 Å². The molecular formula is C15H12N2OS2. The van der Waals surface area contributed by atoms with Crippen molar-refractivity contribution in [3.05, 3.63) is 57.1 Å². The van der Waals surface area contributed by atoms with Gasteiger partial charge in [-0.1, -0.05) is 18.2 Å². The fourth-order valence-corrected chi connectivity index (χ4v) is 3.49. The Morgan fingerprint density at radius 2 is 1.95 bits per heavy atom. The summed E-state index contributed by atoms with van der Waals surface area (Å²) in [6, 6.07) is 13.7. The third-order valence-electron chi connectivity index (χ3n) is 2.67. The van der Waals surface area contributed by atoms with Gasteiger partial charge >= 0.3 is 0 Å². The average Bonchev–Trinajstić information content (AvgIpc) is 2.98. The molecule has 20 heavy (non-hydrogen) atoms. The quantitative estimate of drug-likeness (QED) is 0.853. The summed E-state index contributed by atoms with van der Waals surface area (Å²) in [5.41, 5.74) is 0.837. The van der Waals surface area contributed by atoms with E-state index in [1.54, 1.807) is 11.3 Å². The number of amidine groups is 1.